The van der Waals surface area contributed by atoms with Gasteiger partial charge in [-0.05, 0) is 25.0 Å². The molecular formula is C16H23Cl3N2O3. The number of hydrogen-bond donors (Lipinski definition) is 3. The first-order valence-electron chi connectivity index (χ1n) is 7.74. The van der Waals surface area contributed by atoms with Gasteiger partial charge < -0.3 is 20.9 Å². The van der Waals surface area contributed by atoms with Crippen LogP contribution in [-0.4, -0.2) is 35.8 Å². The van der Waals surface area contributed by atoms with Crippen LogP contribution in [0.1, 0.15) is 32.1 Å². The van der Waals surface area contributed by atoms with Crippen LogP contribution in [0.4, 0.5) is 0 Å². The minimum absolute atomic E-state index is 0. The molecule has 1 aromatic carbocycles. The van der Waals surface area contributed by atoms with Gasteiger partial charge in [-0.1, -0.05) is 48.5 Å². The second-order valence-corrected chi connectivity index (χ2v) is 6.73. The number of carbonyl (C=O) groups is 1. The largest absolute Gasteiger partial charge is 0.489 e. The highest BCUT2D eigenvalue weighted by Crippen LogP contribution is 2.31. The molecule has 136 valence electrons. The third kappa shape index (κ3) is 5.67. The average molecular weight is 398 g/mol. The molecule has 0 saturated heterocycles. The van der Waals surface area contributed by atoms with Crippen molar-refractivity contribution in [3.05, 3.63) is 28.2 Å². The van der Waals surface area contributed by atoms with Gasteiger partial charge >= 0.3 is 0 Å². The topological polar surface area (TPSA) is 84.6 Å². The number of aliphatic hydroxyl groups is 1. The Morgan fingerprint density at radius 2 is 2.00 bits per heavy atom. The molecule has 24 heavy (non-hydrogen) atoms. The smallest absolute Gasteiger partial charge is 0.240 e. The first kappa shape index (κ1) is 21.3. The third-order valence-corrected chi connectivity index (χ3v) is 4.85. The van der Waals surface area contributed by atoms with E-state index >= 15 is 0 Å². The Morgan fingerprint density at radius 3 is 2.67 bits per heavy atom. The van der Waals surface area contributed by atoms with Crippen molar-refractivity contribution < 1.29 is 14.6 Å². The molecule has 1 atom stereocenters. The molecule has 1 amide bonds. The Morgan fingerprint density at radius 1 is 1.33 bits per heavy atom. The summed E-state index contributed by atoms with van der Waals surface area (Å²) in [6, 6.07) is 5.02. The molecule has 0 spiro atoms. The standard InChI is InChI=1S/C16H22Cl2N2O3.ClH/c17-12-5-4-6-13(14(12)18)23-10-11(21)9-20-15(22)16(19)7-2-1-3-8-16;/h4-6,11,21H,1-3,7-10,19H2,(H,20,22);1H. The molecule has 0 bridgehead atoms. The van der Waals surface area contributed by atoms with Gasteiger partial charge in [0.05, 0.1) is 10.6 Å². The van der Waals surface area contributed by atoms with Crippen molar-refractivity contribution in [2.24, 2.45) is 5.73 Å². The summed E-state index contributed by atoms with van der Waals surface area (Å²) in [6.07, 6.45) is 3.54. The highest BCUT2D eigenvalue weighted by Gasteiger charge is 2.35. The van der Waals surface area contributed by atoms with Crippen LogP contribution < -0.4 is 15.8 Å². The van der Waals surface area contributed by atoms with Crippen molar-refractivity contribution in [3.8, 4) is 5.75 Å². The number of nitrogens with two attached hydrogens (primary N) is 1. The SMILES string of the molecule is Cl.NC1(C(=O)NCC(O)COc2cccc(Cl)c2Cl)CCCCC1. The summed E-state index contributed by atoms with van der Waals surface area (Å²) in [5.41, 5.74) is 5.32. The van der Waals surface area contributed by atoms with E-state index in [0.29, 0.717) is 28.6 Å². The van der Waals surface area contributed by atoms with E-state index in [4.69, 9.17) is 33.7 Å². The zero-order valence-electron chi connectivity index (χ0n) is 13.3. The summed E-state index contributed by atoms with van der Waals surface area (Å²) in [6.45, 7) is 0.0773. The van der Waals surface area contributed by atoms with E-state index in [1.807, 2.05) is 0 Å². The molecule has 1 fully saturated rings. The average Bonchev–Trinajstić information content (AvgIpc) is 2.54. The molecule has 0 aromatic heterocycles. The van der Waals surface area contributed by atoms with Gasteiger partial charge in [0.2, 0.25) is 5.91 Å². The fraction of sp³-hybridized carbons (Fsp3) is 0.562. The maximum Gasteiger partial charge on any atom is 0.240 e. The number of carbonyl (C=O) groups excluding carboxylic acids is 1. The molecule has 5 nitrogen and oxygen atoms in total. The number of hydrogen-bond acceptors (Lipinski definition) is 4. The minimum Gasteiger partial charge on any atom is -0.489 e. The lowest BCUT2D eigenvalue weighted by Crippen LogP contribution is -2.56. The van der Waals surface area contributed by atoms with Crippen molar-refractivity contribution in [3.63, 3.8) is 0 Å². The molecule has 1 aliphatic carbocycles. The minimum atomic E-state index is -0.860. The van der Waals surface area contributed by atoms with Crippen LogP contribution in [-0.2, 0) is 4.79 Å². The van der Waals surface area contributed by atoms with E-state index in [2.05, 4.69) is 5.32 Å². The van der Waals surface area contributed by atoms with Gasteiger partial charge in [0.25, 0.3) is 0 Å². The number of halogens is 3. The van der Waals surface area contributed by atoms with Gasteiger partial charge in [-0.25, -0.2) is 0 Å². The van der Waals surface area contributed by atoms with Gasteiger partial charge in [-0.3, -0.25) is 4.79 Å². The van der Waals surface area contributed by atoms with E-state index < -0.39 is 11.6 Å². The molecule has 1 aromatic rings. The summed E-state index contributed by atoms with van der Waals surface area (Å²) in [5, 5.41) is 13.3. The first-order chi connectivity index (χ1) is 10.9. The Bertz CT molecular complexity index is 551. The second kappa shape index (κ2) is 9.68. The second-order valence-electron chi connectivity index (χ2n) is 5.94. The lowest BCUT2D eigenvalue weighted by atomic mass is 9.82. The number of nitrogens with one attached hydrogen (secondary N) is 1. The summed E-state index contributed by atoms with van der Waals surface area (Å²) >= 11 is 11.9. The van der Waals surface area contributed by atoms with Crippen molar-refractivity contribution in [2.75, 3.05) is 13.2 Å². The maximum absolute atomic E-state index is 12.2. The highest BCUT2D eigenvalue weighted by atomic mass is 35.5. The molecule has 1 aliphatic rings. The number of aliphatic hydroxyl groups excluding tert-OH is 1. The van der Waals surface area contributed by atoms with Crippen LogP contribution in [0.15, 0.2) is 18.2 Å². The Hall–Kier alpha value is -0.720. The fourth-order valence-electron chi connectivity index (χ4n) is 2.64. The molecule has 0 aliphatic heterocycles. The number of rotatable bonds is 6. The van der Waals surface area contributed by atoms with E-state index in [-0.39, 0.29) is 31.5 Å². The summed E-state index contributed by atoms with van der Waals surface area (Å²) in [5.74, 6) is 0.184. The zero-order chi connectivity index (χ0) is 16.9. The normalized spacial score (nSPS) is 17.5. The van der Waals surface area contributed by atoms with Gasteiger partial charge in [0.1, 0.15) is 23.5 Å². The summed E-state index contributed by atoms with van der Waals surface area (Å²) in [4.78, 5) is 12.2. The molecular weight excluding hydrogens is 375 g/mol. The highest BCUT2D eigenvalue weighted by molar-refractivity contribution is 6.42. The lowest BCUT2D eigenvalue weighted by molar-refractivity contribution is -0.128. The molecule has 8 heteroatoms. The number of benzene rings is 1. The first-order valence-corrected chi connectivity index (χ1v) is 8.50. The van der Waals surface area contributed by atoms with Crippen LogP contribution >= 0.6 is 35.6 Å². The molecule has 2 rings (SSSR count). The van der Waals surface area contributed by atoms with Crippen LogP contribution in [0.2, 0.25) is 10.0 Å². The van der Waals surface area contributed by atoms with Gasteiger partial charge in [-0.2, -0.15) is 0 Å². The molecule has 0 radical (unpaired) electrons. The lowest BCUT2D eigenvalue weighted by Gasteiger charge is -2.32. The Labute approximate surface area is 158 Å². The molecule has 1 saturated carbocycles. The van der Waals surface area contributed by atoms with Crippen LogP contribution in [0.3, 0.4) is 0 Å². The Kier molecular flexibility index (Phi) is 8.60. The van der Waals surface area contributed by atoms with Crippen LogP contribution in [0.5, 0.6) is 5.75 Å². The third-order valence-electron chi connectivity index (χ3n) is 4.04. The fourth-order valence-corrected chi connectivity index (χ4v) is 2.98. The van der Waals surface area contributed by atoms with E-state index in [0.717, 1.165) is 19.3 Å². The van der Waals surface area contributed by atoms with Crippen molar-refractivity contribution in [1.82, 2.24) is 5.32 Å². The summed E-state index contributed by atoms with van der Waals surface area (Å²) < 4.78 is 5.43. The van der Waals surface area contributed by atoms with Gasteiger partial charge in [0, 0.05) is 6.54 Å². The van der Waals surface area contributed by atoms with Crippen LogP contribution in [0.25, 0.3) is 0 Å². The van der Waals surface area contributed by atoms with E-state index in [9.17, 15) is 9.90 Å². The van der Waals surface area contributed by atoms with Crippen molar-refractivity contribution in [2.45, 2.75) is 43.7 Å². The number of ether oxygens (including phenoxy) is 1. The molecule has 4 N–H and O–H groups in total. The van der Waals surface area contributed by atoms with E-state index in [1.54, 1.807) is 18.2 Å². The summed E-state index contributed by atoms with van der Waals surface area (Å²) in [7, 11) is 0. The molecule has 0 heterocycles. The number of amides is 1. The van der Waals surface area contributed by atoms with Crippen molar-refractivity contribution in [1.29, 1.82) is 0 Å². The predicted molar refractivity (Wildman–Crippen MR) is 98.2 cm³/mol. The van der Waals surface area contributed by atoms with Gasteiger partial charge in [0.15, 0.2) is 0 Å². The zero-order valence-corrected chi connectivity index (χ0v) is 15.6. The van der Waals surface area contributed by atoms with Crippen LogP contribution in [0, 0.1) is 0 Å². The monoisotopic (exact) mass is 396 g/mol. The maximum atomic E-state index is 12.2. The predicted octanol–water partition coefficient (Wildman–Crippen LogP) is 2.93. The van der Waals surface area contributed by atoms with E-state index in [1.165, 1.54) is 0 Å². The molecule has 1 unspecified atom stereocenters. The quantitative estimate of drug-likeness (QED) is 0.689. The van der Waals surface area contributed by atoms with Crippen molar-refractivity contribution >= 4 is 41.5 Å². The Balaban J connectivity index is 0.00000288. The van der Waals surface area contributed by atoms with Gasteiger partial charge in [-0.15, -0.1) is 12.4 Å².